The molecule has 1 N–H and O–H groups in total. The van der Waals surface area contributed by atoms with Crippen molar-refractivity contribution in [2.75, 3.05) is 5.32 Å². The van der Waals surface area contributed by atoms with Gasteiger partial charge in [-0.1, -0.05) is 25.5 Å². The van der Waals surface area contributed by atoms with Crippen LogP contribution in [-0.4, -0.2) is 20.5 Å². The molecule has 5 nitrogen and oxygen atoms in total. The molecule has 22 heavy (non-hydrogen) atoms. The van der Waals surface area contributed by atoms with Crippen LogP contribution < -0.4 is 5.32 Å². The quantitative estimate of drug-likeness (QED) is 0.675. The third-order valence-corrected chi connectivity index (χ3v) is 3.86. The first-order chi connectivity index (χ1) is 10.7. The van der Waals surface area contributed by atoms with Crippen molar-refractivity contribution in [3.05, 3.63) is 57.4 Å². The third kappa shape index (κ3) is 3.27. The third-order valence-electron chi connectivity index (χ3n) is 3.28. The maximum atomic E-state index is 12.2. The van der Waals surface area contributed by atoms with E-state index >= 15 is 0 Å². The molecule has 0 aliphatic rings. The van der Waals surface area contributed by atoms with Gasteiger partial charge in [-0.25, -0.2) is 9.50 Å². The average molecular weight is 406 g/mol. The largest absolute Gasteiger partial charge is 0.305 e. The number of rotatable bonds is 4. The SMILES string of the molecule is CCCc1ccc(C(=O)Nc2cn3nc(I)ccc3n2)cc1. The Labute approximate surface area is 141 Å². The van der Waals surface area contributed by atoms with Gasteiger partial charge in [-0.15, -0.1) is 0 Å². The molecule has 112 valence electrons. The van der Waals surface area contributed by atoms with Crippen molar-refractivity contribution < 1.29 is 4.79 Å². The number of nitrogens with one attached hydrogen (secondary N) is 1. The Morgan fingerprint density at radius 1 is 1.23 bits per heavy atom. The summed E-state index contributed by atoms with van der Waals surface area (Å²) in [6.45, 7) is 2.14. The van der Waals surface area contributed by atoms with Crippen LogP contribution in [0.2, 0.25) is 0 Å². The first-order valence-electron chi connectivity index (χ1n) is 7.08. The number of benzene rings is 1. The number of amides is 1. The fourth-order valence-corrected chi connectivity index (χ4v) is 2.63. The van der Waals surface area contributed by atoms with Gasteiger partial charge in [0.15, 0.2) is 11.5 Å². The van der Waals surface area contributed by atoms with Gasteiger partial charge >= 0.3 is 0 Å². The minimum atomic E-state index is -0.166. The van der Waals surface area contributed by atoms with Gasteiger partial charge in [-0.05, 0) is 58.8 Å². The fraction of sp³-hybridized carbons (Fsp3) is 0.188. The molecular formula is C16H15IN4O. The number of anilines is 1. The highest BCUT2D eigenvalue weighted by atomic mass is 127. The molecule has 0 saturated carbocycles. The first-order valence-corrected chi connectivity index (χ1v) is 8.16. The smallest absolute Gasteiger partial charge is 0.256 e. The highest BCUT2D eigenvalue weighted by Crippen LogP contribution is 2.12. The normalized spacial score (nSPS) is 10.8. The molecule has 2 aromatic heterocycles. The van der Waals surface area contributed by atoms with Gasteiger partial charge in [0.25, 0.3) is 5.91 Å². The van der Waals surface area contributed by atoms with Gasteiger partial charge < -0.3 is 5.32 Å². The molecular weight excluding hydrogens is 391 g/mol. The Bertz CT molecular complexity index is 811. The Morgan fingerprint density at radius 3 is 2.73 bits per heavy atom. The zero-order chi connectivity index (χ0) is 15.5. The van der Waals surface area contributed by atoms with Crippen molar-refractivity contribution in [2.45, 2.75) is 19.8 Å². The van der Waals surface area contributed by atoms with Crippen LogP contribution in [0.4, 0.5) is 5.82 Å². The van der Waals surface area contributed by atoms with Crippen LogP contribution in [0.25, 0.3) is 5.65 Å². The average Bonchev–Trinajstić information content (AvgIpc) is 2.89. The molecule has 3 rings (SSSR count). The van der Waals surface area contributed by atoms with E-state index in [0.717, 1.165) is 16.5 Å². The predicted octanol–water partition coefficient (Wildman–Crippen LogP) is 3.54. The summed E-state index contributed by atoms with van der Waals surface area (Å²) >= 11 is 2.13. The van der Waals surface area contributed by atoms with Crippen LogP contribution in [0.5, 0.6) is 0 Å². The summed E-state index contributed by atoms with van der Waals surface area (Å²) in [5.74, 6) is 0.332. The Balaban J connectivity index is 1.77. The molecule has 3 aromatic rings. The number of aromatic nitrogens is 3. The number of nitrogens with zero attached hydrogens (tertiary/aromatic N) is 3. The van der Waals surface area contributed by atoms with Crippen LogP contribution in [0.1, 0.15) is 29.3 Å². The van der Waals surface area contributed by atoms with Crippen molar-refractivity contribution in [1.29, 1.82) is 0 Å². The Morgan fingerprint density at radius 2 is 2.00 bits per heavy atom. The molecule has 0 saturated heterocycles. The Hall–Kier alpha value is -1.96. The summed E-state index contributed by atoms with van der Waals surface area (Å²) < 4.78 is 2.52. The van der Waals surface area contributed by atoms with Crippen LogP contribution in [0, 0.1) is 3.70 Å². The van der Waals surface area contributed by atoms with E-state index in [4.69, 9.17) is 0 Å². The molecule has 2 heterocycles. The molecule has 0 aliphatic carbocycles. The van der Waals surface area contributed by atoms with Crippen LogP contribution in [0.15, 0.2) is 42.6 Å². The maximum Gasteiger partial charge on any atom is 0.256 e. The second-order valence-electron chi connectivity index (χ2n) is 4.99. The lowest BCUT2D eigenvalue weighted by Gasteiger charge is -2.03. The van der Waals surface area contributed by atoms with Gasteiger partial charge in [0.1, 0.15) is 3.70 Å². The summed E-state index contributed by atoms with van der Waals surface area (Å²) in [6.07, 6.45) is 3.83. The number of carbonyl (C=O) groups excluding carboxylic acids is 1. The lowest BCUT2D eigenvalue weighted by molar-refractivity contribution is 0.102. The summed E-state index contributed by atoms with van der Waals surface area (Å²) in [7, 11) is 0. The fourth-order valence-electron chi connectivity index (χ4n) is 2.22. The van der Waals surface area contributed by atoms with E-state index in [0.29, 0.717) is 17.0 Å². The van der Waals surface area contributed by atoms with Crippen LogP contribution in [0.3, 0.4) is 0 Å². The zero-order valence-electron chi connectivity index (χ0n) is 12.1. The molecule has 0 spiro atoms. The highest BCUT2D eigenvalue weighted by molar-refractivity contribution is 14.1. The Kier molecular flexibility index (Phi) is 4.37. The van der Waals surface area contributed by atoms with E-state index in [1.807, 2.05) is 36.4 Å². The summed E-state index contributed by atoms with van der Waals surface area (Å²) in [6, 6.07) is 11.4. The zero-order valence-corrected chi connectivity index (χ0v) is 14.2. The number of hydrogen-bond acceptors (Lipinski definition) is 3. The molecule has 0 fully saturated rings. The number of imidazole rings is 1. The number of aryl methyl sites for hydroxylation is 1. The number of halogens is 1. The van der Waals surface area contributed by atoms with E-state index in [1.165, 1.54) is 5.56 Å². The van der Waals surface area contributed by atoms with Crippen LogP contribution in [-0.2, 0) is 6.42 Å². The van der Waals surface area contributed by atoms with Gasteiger partial charge in [0, 0.05) is 5.56 Å². The van der Waals surface area contributed by atoms with Gasteiger partial charge in [-0.2, -0.15) is 5.10 Å². The first kappa shape index (κ1) is 15.0. The topological polar surface area (TPSA) is 59.3 Å². The predicted molar refractivity (Wildman–Crippen MR) is 94.1 cm³/mol. The van der Waals surface area contributed by atoms with Gasteiger partial charge in [0.05, 0.1) is 6.20 Å². The standard InChI is InChI=1S/C16H15IN4O/c1-2-3-11-4-6-12(7-5-11)16(22)19-14-10-21-15(18-14)9-8-13(17)20-21/h4-10H,2-3H2,1H3,(H,19,22). The van der Waals surface area contributed by atoms with Crippen molar-refractivity contribution in [1.82, 2.24) is 14.6 Å². The lowest BCUT2D eigenvalue weighted by Crippen LogP contribution is -2.12. The summed E-state index contributed by atoms with van der Waals surface area (Å²) in [5, 5.41) is 7.10. The van der Waals surface area contributed by atoms with E-state index in [-0.39, 0.29) is 5.91 Å². The van der Waals surface area contributed by atoms with E-state index in [1.54, 1.807) is 10.7 Å². The van der Waals surface area contributed by atoms with Crippen molar-refractivity contribution in [3.63, 3.8) is 0 Å². The molecule has 0 unspecified atom stereocenters. The van der Waals surface area contributed by atoms with E-state index in [9.17, 15) is 4.79 Å². The molecule has 1 aromatic carbocycles. The summed E-state index contributed by atoms with van der Waals surface area (Å²) in [5.41, 5.74) is 2.57. The van der Waals surface area contributed by atoms with Crippen molar-refractivity contribution in [3.8, 4) is 0 Å². The molecule has 1 amide bonds. The molecule has 0 radical (unpaired) electrons. The lowest BCUT2D eigenvalue weighted by atomic mass is 10.1. The highest BCUT2D eigenvalue weighted by Gasteiger charge is 2.09. The van der Waals surface area contributed by atoms with Crippen LogP contribution >= 0.6 is 22.6 Å². The number of hydrogen-bond donors (Lipinski definition) is 1. The van der Waals surface area contributed by atoms with Gasteiger partial charge in [0.2, 0.25) is 0 Å². The second kappa shape index (κ2) is 6.43. The molecule has 6 heteroatoms. The van der Waals surface area contributed by atoms with Gasteiger partial charge in [-0.3, -0.25) is 4.79 Å². The van der Waals surface area contributed by atoms with E-state index < -0.39 is 0 Å². The molecule has 0 aliphatic heterocycles. The monoisotopic (exact) mass is 406 g/mol. The molecule has 0 atom stereocenters. The number of fused-ring (bicyclic) bond motifs is 1. The minimum Gasteiger partial charge on any atom is -0.305 e. The summed E-state index contributed by atoms with van der Waals surface area (Å²) in [4.78, 5) is 16.6. The second-order valence-corrected chi connectivity index (χ2v) is 6.09. The minimum absolute atomic E-state index is 0.166. The van der Waals surface area contributed by atoms with E-state index in [2.05, 4.69) is 44.9 Å². The molecule has 0 bridgehead atoms. The van der Waals surface area contributed by atoms with Crippen molar-refractivity contribution in [2.24, 2.45) is 0 Å². The maximum absolute atomic E-state index is 12.2. The number of carbonyl (C=O) groups is 1. The van der Waals surface area contributed by atoms with Crippen molar-refractivity contribution >= 4 is 40.0 Å².